The summed E-state index contributed by atoms with van der Waals surface area (Å²) in [6, 6.07) is 3.91. The van der Waals surface area contributed by atoms with Crippen LogP contribution in [0.4, 0.5) is 0 Å². The van der Waals surface area contributed by atoms with Crippen LogP contribution >= 0.6 is 23.1 Å². The molecule has 0 spiro atoms. The zero-order chi connectivity index (χ0) is 14.5. The molecule has 0 N–H and O–H groups in total. The number of aromatic nitrogens is 2. The highest BCUT2D eigenvalue weighted by Gasteiger charge is 2.20. The van der Waals surface area contributed by atoms with Gasteiger partial charge in [0.05, 0.1) is 23.7 Å². The lowest BCUT2D eigenvalue weighted by Crippen LogP contribution is -2.09. The lowest BCUT2D eigenvalue weighted by Gasteiger charge is -2.12. The van der Waals surface area contributed by atoms with Crippen molar-refractivity contribution in [3.8, 4) is 10.7 Å². The molecular weight excluding hydrogens is 296 g/mol. The molecule has 0 amide bonds. The molecule has 0 aliphatic heterocycles. The molecular formula is C13H16N2O3S2. The fraction of sp³-hybridized carbons (Fsp3) is 0.462. The molecule has 2 rings (SSSR count). The Morgan fingerprint density at radius 3 is 3.00 bits per heavy atom. The second-order valence-electron chi connectivity index (χ2n) is 4.30. The van der Waals surface area contributed by atoms with E-state index < -0.39 is 0 Å². The summed E-state index contributed by atoms with van der Waals surface area (Å²) in [7, 11) is 1.40. The van der Waals surface area contributed by atoms with Crippen LogP contribution < -0.4 is 0 Å². The third-order valence-electron chi connectivity index (χ3n) is 2.65. The Morgan fingerprint density at radius 2 is 2.35 bits per heavy atom. The van der Waals surface area contributed by atoms with Crippen molar-refractivity contribution >= 4 is 29.1 Å². The minimum absolute atomic E-state index is 0.0378. The van der Waals surface area contributed by atoms with Gasteiger partial charge in [0.1, 0.15) is 0 Å². The van der Waals surface area contributed by atoms with Gasteiger partial charge in [-0.25, -0.2) is 0 Å². The number of thioether (sulfide) groups is 1. The van der Waals surface area contributed by atoms with Gasteiger partial charge < -0.3 is 9.26 Å². The average Bonchev–Trinajstić information content (AvgIpc) is 3.08. The van der Waals surface area contributed by atoms with Crippen LogP contribution in [-0.2, 0) is 9.53 Å². The highest BCUT2D eigenvalue weighted by molar-refractivity contribution is 8.00. The van der Waals surface area contributed by atoms with Crippen molar-refractivity contribution in [1.82, 2.24) is 10.1 Å². The summed E-state index contributed by atoms with van der Waals surface area (Å²) in [5, 5.41) is 6.13. The fourth-order valence-electron chi connectivity index (χ4n) is 1.68. The molecule has 0 unspecified atom stereocenters. The largest absolute Gasteiger partial charge is 0.469 e. The van der Waals surface area contributed by atoms with Gasteiger partial charge in [0, 0.05) is 5.25 Å². The van der Waals surface area contributed by atoms with E-state index in [-0.39, 0.29) is 16.5 Å². The fourth-order valence-corrected chi connectivity index (χ4v) is 3.47. The molecule has 0 bridgehead atoms. The van der Waals surface area contributed by atoms with Gasteiger partial charge in [0.2, 0.25) is 11.7 Å². The van der Waals surface area contributed by atoms with Crippen molar-refractivity contribution < 1.29 is 14.1 Å². The topological polar surface area (TPSA) is 65.2 Å². The first-order valence-corrected chi connectivity index (χ1v) is 8.02. The Labute approximate surface area is 125 Å². The molecule has 0 saturated carbocycles. The van der Waals surface area contributed by atoms with Crippen LogP contribution in [0, 0.1) is 0 Å². The lowest BCUT2D eigenvalue weighted by molar-refractivity contribution is -0.140. The summed E-state index contributed by atoms with van der Waals surface area (Å²) in [5.74, 6) is 0.986. The van der Waals surface area contributed by atoms with Gasteiger partial charge in [-0.05, 0) is 18.4 Å². The van der Waals surface area contributed by atoms with Crippen molar-refractivity contribution in [2.45, 2.75) is 30.8 Å². The Kier molecular flexibility index (Phi) is 5.19. The van der Waals surface area contributed by atoms with Gasteiger partial charge in [-0.2, -0.15) is 4.98 Å². The Morgan fingerprint density at radius 1 is 1.55 bits per heavy atom. The van der Waals surface area contributed by atoms with Gasteiger partial charge in [0.25, 0.3) is 0 Å². The van der Waals surface area contributed by atoms with E-state index in [9.17, 15) is 4.79 Å². The standard InChI is InChI=1S/C13H16N2O3S2/c1-8(7-11(16)17-3)20-9(2)13-14-12(15-18-13)10-5-4-6-19-10/h4-6,8-9H,7H2,1-3H3/t8-,9+/m0/s1. The van der Waals surface area contributed by atoms with E-state index >= 15 is 0 Å². The Hall–Kier alpha value is -1.34. The molecule has 20 heavy (non-hydrogen) atoms. The van der Waals surface area contributed by atoms with Crippen LogP contribution in [-0.4, -0.2) is 28.5 Å². The predicted molar refractivity (Wildman–Crippen MR) is 79.7 cm³/mol. The molecule has 0 fully saturated rings. The second-order valence-corrected chi connectivity index (χ2v) is 7.03. The SMILES string of the molecule is COC(=O)C[C@H](C)S[C@H](C)c1nc(-c2cccs2)no1. The van der Waals surface area contributed by atoms with E-state index in [2.05, 4.69) is 14.9 Å². The first-order valence-electron chi connectivity index (χ1n) is 6.20. The number of thiophene rings is 1. The molecule has 2 heterocycles. The molecule has 0 aromatic carbocycles. The van der Waals surface area contributed by atoms with Crippen molar-refractivity contribution in [3.05, 3.63) is 23.4 Å². The number of hydrogen-bond acceptors (Lipinski definition) is 7. The quantitative estimate of drug-likeness (QED) is 0.760. The van der Waals surface area contributed by atoms with Crippen LogP contribution in [0.5, 0.6) is 0 Å². The summed E-state index contributed by atoms with van der Waals surface area (Å²) in [5.41, 5.74) is 0. The van der Waals surface area contributed by atoms with E-state index in [1.54, 1.807) is 23.1 Å². The number of hydrogen-bond donors (Lipinski definition) is 0. The smallest absolute Gasteiger partial charge is 0.306 e. The number of esters is 1. The number of carbonyl (C=O) groups excluding carboxylic acids is 1. The molecule has 0 radical (unpaired) electrons. The third kappa shape index (κ3) is 3.83. The van der Waals surface area contributed by atoms with Crippen LogP contribution in [0.3, 0.4) is 0 Å². The summed E-state index contributed by atoms with van der Waals surface area (Å²) < 4.78 is 9.95. The highest BCUT2D eigenvalue weighted by Crippen LogP contribution is 2.33. The van der Waals surface area contributed by atoms with E-state index in [0.29, 0.717) is 18.1 Å². The number of methoxy groups -OCH3 is 1. The molecule has 0 aliphatic carbocycles. The number of rotatable bonds is 6. The Bertz CT molecular complexity index is 554. The number of carbonyl (C=O) groups is 1. The summed E-state index contributed by atoms with van der Waals surface area (Å²) >= 11 is 3.19. The maximum absolute atomic E-state index is 11.2. The van der Waals surface area contributed by atoms with Gasteiger partial charge >= 0.3 is 5.97 Å². The monoisotopic (exact) mass is 312 g/mol. The minimum Gasteiger partial charge on any atom is -0.469 e. The average molecular weight is 312 g/mol. The van der Waals surface area contributed by atoms with E-state index in [1.165, 1.54) is 7.11 Å². The first kappa shape index (κ1) is 15.1. The zero-order valence-electron chi connectivity index (χ0n) is 11.5. The maximum atomic E-state index is 11.2. The van der Waals surface area contributed by atoms with Crippen molar-refractivity contribution in [1.29, 1.82) is 0 Å². The molecule has 2 atom stereocenters. The van der Waals surface area contributed by atoms with Crippen molar-refractivity contribution in [2.24, 2.45) is 0 Å². The van der Waals surface area contributed by atoms with E-state index in [4.69, 9.17) is 4.52 Å². The van der Waals surface area contributed by atoms with Crippen LogP contribution in [0.2, 0.25) is 0 Å². The van der Waals surface area contributed by atoms with E-state index in [0.717, 1.165) is 4.88 Å². The van der Waals surface area contributed by atoms with Gasteiger partial charge in [-0.15, -0.1) is 23.1 Å². The minimum atomic E-state index is -0.206. The number of ether oxygens (including phenoxy) is 1. The molecule has 0 saturated heterocycles. The van der Waals surface area contributed by atoms with Crippen LogP contribution in [0.25, 0.3) is 10.7 Å². The summed E-state index contributed by atoms with van der Waals surface area (Å²) in [4.78, 5) is 16.6. The number of nitrogens with zero attached hydrogens (tertiary/aromatic N) is 2. The summed E-state index contributed by atoms with van der Waals surface area (Å²) in [6.07, 6.45) is 0.372. The maximum Gasteiger partial charge on any atom is 0.306 e. The Balaban J connectivity index is 1.96. The molecule has 5 nitrogen and oxygen atoms in total. The van der Waals surface area contributed by atoms with Gasteiger partial charge in [-0.1, -0.05) is 18.1 Å². The lowest BCUT2D eigenvalue weighted by atomic mass is 10.3. The van der Waals surface area contributed by atoms with Gasteiger partial charge in [0.15, 0.2) is 0 Å². The molecule has 108 valence electrons. The third-order valence-corrected chi connectivity index (χ3v) is 4.76. The van der Waals surface area contributed by atoms with Crippen LogP contribution in [0.1, 0.15) is 31.4 Å². The predicted octanol–water partition coefficient (Wildman–Crippen LogP) is 3.54. The second kappa shape index (κ2) is 6.90. The van der Waals surface area contributed by atoms with Crippen molar-refractivity contribution in [2.75, 3.05) is 7.11 Å². The van der Waals surface area contributed by atoms with Crippen molar-refractivity contribution in [3.63, 3.8) is 0 Å². The first-order chi connectivity index (χ1) is 9.60. The summed E-state index contributed by atoms with van der Waals surface area (Å²) in [6.45, 7) is 3.97. The molecule has 2 aromatic rings. The normalized spacial score (nSPS) is 13.9. The van der Waals surface area contributed by atoms with Gasteiger partial charge in [-0.3, -0.25) is 4.79 Å². The molecule has 7 heteroatoms. The molecule has 0 aliphatic rings. The zero-order valence-corrected chi connectivity index (χ0v) is 13.2. The highest BCUT2D eigenvalue weighted by atomic mass is 32.2. The van der Waals surface area contributed by atoms with Crippen LogP contribution in [0.15, 0.2) is 22.0 Å². The van der Waals surface area contributed by atoms with E-state index in [1.807, 2.05) is 31.4 Å². The molecule has 2 aromatic heterocycles.